The Morgan fingerprint density at radius 1 is 1.12 bits per heavy atom. The summed E-state index contributed by atoms with van der Waals surface area (Å²) in [4.78, 5) is 4.73. The molecule has 2 aromatic rings. The van der Waals surface area contributed by atoms with Gasteiger partial charge in [-0.3, -0.25) is 4.90 Å². The summed E-state index contributed by atoms with van der Waals surface area (Å²) in [5.74, 6) is 0.736. The van der Waals surface area contributed by atoms with Crippen LogP contribution in [0.15, 0.2) is 30.3 Å². The molecule has 5 heteroatoms. The second-order valence-electron chi connectivity index (χ2n) is 6.80. The zero-order valence-electron chi connectivity index (χ0n) is 15.2. The van der Waals surface area contributed by atoms with Crippen LogP contribution in [-0.4, -0.2) is 40.8 Å². The molecule has 0 spiro atoms. The second kappa shape index (κ2) is 7.62. The molecule has 5 nitrogen and oxygen atoms in total. The quantitative estimate of drug-likeness (QED) is 0.863. The number of hydrogen-bond acceptors (Lipinski definition) is 5. The molecule has 1 fully saturated rings. The number of aryl methyl sites for hydroxylation is 1. The summed E-state index contributed by atoms with van der Waals surface area (Å²) in [5, 5.41) is 18.2. The molecular weight excluding hydrogens is 310 g/mol. The first-order chi connectivity index (χ1) is 12.1. The van der Waals surface area contributed by atoms with Gasteiger partial charge >= 0.3 is 0 Å². The first-order valence-corrected chi connectivity index (χ1v) is 8.87. The van der Waals surface area contributed by atoms with Gasteiger partial charge in [0.05, 0.1) is 5.69 Å². The zero-order valence-corrected chi connectivity index (χ0v) is 15.2. The van der Waals surface area contributed by atoms with E-state index in [1.54, 1.807) is 0 Å². The monoisotopic (exact) mass is 335 g/mol. The summed E-state index contributed by atoms with van der Waals surface area (Å²) in [7, 11) is 0. The minimum Gasteiger partial charge on any atom is -0.353 e. The molecule has 0 aliphatic carbocycles. The van der Waals surface area contributed by atoms with Crippen LogP contribution >= 0.6 is 0 Å². The van der Waals surface area contributed by atoms with Crippen LogP contribution in [0.1, 0.15) is 35.7 Å². The number of nitriles is 1. The molecule has 0 radical (unpaired) electrons. The van der Waals surface area contributed by atoms with Crippen LogP contribution in [0, 0.1) is 25.2 Å². The van der Waals surface area contributed by atoms with Crippen molar-refractivity contribution in [3.05, 3.63) is 52.7 Å². The summed E-state index contributed by atoms with van der Waals surface area (Å²) in [6.07, 6.45) is 1.05. The molecule has 1 aliphatic rings. The van der Waals surface area contributed by atoms with Crippen LogP contribution in [0.4, 0.5) is 5.82 Å². The molecule has 3 rings (SSSR count). The summed E-state index contributed by atoms with van der Waals surface area (Å²) >= 11 is 0. The van der Waals surface area contributed by atoms with Crippen LogP contribution in [0.3, 0.4) is 0 Å². The number of benzene rings is 1. The number of rotatable bonds is 3. The van der Waals surface area contributed by atoms with Gasteiger partial charge in [-0.05, 0) is 38.3 Å². The third-order valence-electron chi connectivity index (χ3n) is 5.17. The molecule has 1 saturated heterocycles. The fraction of sp³-hybridized carbons (Fsp3) is 0.450. The lowest BCUT2D eigenvalue weighted by Gasteiger charge is -2.26. The predicted octanol–water partition coefficient (Wildman–Crippen LogP) is 3.07. The number of anilines is 1. The Morgan fingerprint density at radius 3 is 2.60 bits per heavy atom. The molecule has 2 heterocycles. The van der Waals surface area contributed by atoms with Gasteiger partial charge in [0, 0.05) is 32.2 Å². The van der Waals surface area contributed by atoms with Crippen LogP contribution in [0.5, 0.6) is 0 Å². The van der Waals surface area contributed by atoms with Crippen molar-refractivity contribution < 1.29 is 0 Å². The molecule has 1 unspecified atom stereocenters. The predicted molar refractivity (Wildman–Crippen MR) is 99.4 cm³/mol. The van der Waals surface area contributed by atoms with Gasteiger partial charge in [-0.1, -0.05) is 30.3 Å². The van der Waals surface area contributed by atoms with Gasteiger partial charge < -0.3 is 4.90 Å². The first kappa shape index (κ1) is 17.4. The third-order valence-corrected chi connectivity index (χ3v) is 5.17. The van der Waals surface area contributed by atoms with Crippen LogP contribution in [0.25, 0.3) is 0 Å². The second-order valence-corrected chi connectivity index (χ2v) is 6.80. The fourth-order valence-electron chi connectivity index (χ4n) is 3.32. The standard InChI is InChI=1S/C20H25N5/c1-15-9-10-24(20-19(13-21)16(2)17(3)22-23-20)11-12-25(15)14-18-7-5-4-6-8-18/h4-8,15H,9-12,14H2,1-3H3. The zero-order chi connectivity index (χ0) is 17.8. The lowest BCUT2D eigenvalue weighted by Crippen LogP contribution is -2.34. The van der Waals surface area contributed by atoms with Gasteiger partial charge in [-0.15, -0.1) is 5.10 Å². The normalized spacial score (nSPS) is 18.6. The van der Waals surface area contributed by atoms with Gasteiger partial charge in [-0.25, -0.2) is 0 Å². The molecule has 0 amide bonds. The van der Waals surface area contributed by atoms with E-state index in [4.69, 9.17) is 0 Å². The van der Waals surface area contributed by atoms with Crippen LogP contribution in [-0.2, 0) is 6.54 Å². The van der Waals surface area contributed by atoms with E-state index in [1.165, 1.54) is 5.56 Å². The number of hydrogen-bond donors (Lipinski definition) is 0. The molecule has 1 aliphatic heterocycles. The van der Waals surface area contributed by atoms with Crippen molar-refractivity contribution in [2.45, 2.75) is 39.8 Å². The average Bonchev–Trinajstić information content (AvgIpc) is 2.80. The van der Waals surface area contributed by atoms with E-state index in [2.05, 4.69) is 63.3 Å². The topological polar surface area (TPSA) is 56.1 Å². The molecular formula is C20H25N5. The van der Waals surface area contributed by atoms with Crippen molar-refractivity contribution in [2.24, 2.45) is 0 Å². The smallest absolute Gasteiger partial charge is 0.169 e. The Kier molecular flexibility index (Phi) is 5.30. The van der Waals surface area contributed by atoms with Gasteiger partial charge in [0.15, 0.2) is 5.82 Å². The van der Waals surface area contributed by atoms with Gasteiger partial charge in [0.2, 0.25) is 0 Å². The highest BCUT2D eigenvalue weighted by Gasteiger charge is 2.24. The average molecular weight is 335 g/mol. The van der Waals surface area contributed by atoms with Gasteiger partial charge in [0.1, 0.15) is 11.6 Å². The fourth-order valence-corrected chi connectivity index (χ4v) is 3.32. The Labute approximate surface area is 149 Å². The Hall–Kier alpha value is -2.45. The van der Waals surface area contributed by atoms with E-state index in [0.29, 0.717) is 11.6 Å². The highest BCUT2D eigenvalue weighted by Crippen LogP contribution is 2.24. The van der Waals surface area contributed by atoms with E-state index in [-0.39, 0.29) is 0 Å². The number of aromatic nitrogens is 2. The van der Waals surface area contributed by atoms with Gasteiger partial charge in [0.25, 0.3) is 0 Å². The molecule has 0 saturated carbocycles. The summed E-state index contributed by atoms with van der Waals surface area (Å²) < 4.78 is 0. The van der Waals surface area contributed by atoms with Gasteiger partial charge in [-0.2, -0.15) is 10.4 Å². The van der Waals surface area contributed by atoms with E-state index in [1.807, 2.05) is 13.8 Å². The van der Waals surface area contributed by atoms with Crippen molar-refractivity contribution in [3.63, 3.8) is 0 Å². The van der Waals surface area contributed by atoms with Crippen molar-refractivity contribution >= 4 is 5.82 Å². The molecule has 1 aromatic carbocycles. The van der Waals surface area contributed by atoms with Crippen molar-refractivity contribution in [3.8, 4) is 6.07 Å². The van der Waals surface area contributed by atoms with E-state index in [9.17, 15) is 5.26 Å². The van der Waals surface area contributed by atoms with Crippen molar-refractivity contribution in [1.29, 1.82) is 5.26 Å². The lowest BCUT2D eigenvalue weighted by atomic mass is 10.1. The van der Waals surface area contributed by atoms with Crippen LogP contribution < -0.4 is 4.90 Å². The Balaban J connectivity index is 1.77. The largest absolute Gasteiger partial charge is 0.353 e. The number of nitrogens with zero attached hydrogens (tertiary/aromatic N) is 5. The summed E-state index contributed by atoms with van der Waals surface area (Å²) in [6.45, 7) is 9.81. The Bertz CT molecular complexity index is 766. The molecule has 130 valence electrons. The van der Waals surface area contributed by atoms with E-state index in [0.717, 1.165) is 49.7 Å². The summed E-state index contributed by atoms with van der Waals surface area (Å²) in [5.41, 5.74) is 3.77. The molecule has 0 bridgehead atoms. The van der Waals surface area contributed by atoms with E-state index < -0.39 is 0 Å². The minimum absolute atomic E-state index is 0.496. The SMILES string of the molecule is Cc1nnc(N2CCC(C)N(Cc3ccccc3)CC2)c(C#N)c1C. The third kappa shape index (κ3) is 3.80. The molecule has 1 aromatic heterocycles. The highest BCUT2D eigenvalue weighted by molar-refractivity contribution is 5.57. The minimum atomic E-state index is 0.496. The van der Waals surface area contributed by atoms with Crippen molar-refractivity contribution in [1.82, 2.24) is 15.1 Å². The maximum Gasteiger partial charge on any atom is 0.169 e. The highest BCUT2D eigenvalue weighted by atomic mass is 15.3. The molecule has 1 atom stereocenters. The first-order valence-electron chi connectivity index (χ1n) is 8.87. The molecule has 0 N–H and O–H groups in total. The maximum absolute atomic E-state index is 9.57. The maximum atomic E-state index is 9.57. The lowest BCUT2D eigenvalue weighted by molar-refractivity contribution is 0.212. The van der Waals surface area contributed by atoms with E-state index >= 15 is 0 Å². The summed E-state index contributed by atoms with van der Waals surface area (Å²) in [6, 6.07) is 13.4. The van der Waals surface area contributed by atoms with Crippen molar-refractivity contribution in [2.75, 3.05) is 24.5 Å². The molecule has 25 heavy (non-hydrogen) atoms. The van der Waals surface area contributed by atoms with Crippen LogP contribution in [0.2, 0.25) is 0 Å². The Morgan fingerprint density at radius 2 is 1.88 bits per heavy atom.